The Morgan fingerprint density at radius 2 is 1.73 bits per heavy atom. The summed E-state index contributed by atoms with van der Waals surface area (Å²) >= 11 is 0. The van der Waals surface area contributed by atoms with Crippen LogP contribution in [0.2, 0.25) is 0 Å². The van der Waals surface area contributed by atoms with Gasteiger partial charge in [-0.25, -0.2) is 18.2 Å². The van der Waals surface area contributed by atoms with Crippen LogP contribution in [0.3, 0.4) is 0 Å². The quantitative estimate of drug-likeness (QED) is 0.177. The number of carbonyl (C=O) groups excluding carboxylic acids is 2. The minimum absolute atomic E-state index is 0.0529. The van der Waals surface area contributed by atoms with Gasteiger partial charge in [0, 0.05) is 25.8 Å². The number of halogens is 3. The van der Waals surface area contributed by atoms with Gasteiger partial charge in [0.05, 0.1) is 28.3 Å². The van der Waals surface area contributed by atoms with Gasteiger partial charge in [0.2, 0.25) is 15.9 Å². The van der Waals surface area contributed by atoms with Crippen molar-refractivity contribution >= 4 is 39.4 Å². The number of aliphatic carboxylic acids is 1. The number of aryl methyl sites for hydroxylation is 3. The van der Waals surface area contributed by atoms with Crippen LogP contribution in [0.1, 0.15) is 28.7 Å². The number of carbonyl (C=O) groups is 3. The van der Waals surface area contributed by atoms with Crippen molar-refractivity contribution in [3.8, 4) is 0 Å². The maximum absolute atomic E-state index is 13.6. The van der Waals surface area contributed by atoms with Crippen LogP contribution in [0.5, 0.6) is 0 Å². The summed E-state index contributed by atoms with van der Waals surface area (Å²) in [6.45, 7) is 3.93. The van der Waals surface area contributed by atoms with Crippen LogP contribution in [0.15, 0.2) is 65.7 Å². The second-order valence-electron chi connectivity index (χ2n) is 11.6. The molecule has 1 aromatic heterocycles. The fraction of sp³-hybridized carbons (Fsp3) is 0.375. The number of carboxylic acid groups (broad SMARTS) is 1. The van der Waals surface area contributed by atoms with E-state index in [0.29, 0.717) is 16.9 Å². The number of hydrogen-bond donors (Lipinski definition) is 5. The maximum atomic E-state index is 13.6. The lowest BCUT2D eigenvalue weighted by atomic mass is 10.1. The maximum Gasteiger partial charge on any atom is 0.418 e. The average Bonchev–Trinajstić information content (AvgIpc) is 3.43. The molecule has 0 aliphatic carbocycles. The summed E-state index contributed by atoms with van der Waals surface area (Å²) in [5, 5.41) is 17.4. The third-order valence-corrected chi connectivity index (χ3v) is 9.49. The average molecular weight is 707 g/mol. The van der Waals surface area contributed by atoms with Crippen LogP contribution in [0, 0.1) is 20.8 Å². The fourth-order valence-electron chi connectivity index (χ4n) is 5.63. The molecule has 1 saturated heterocycles. The van der Waals surface area contributed by atoms with Gasteiger partial charge in [-0.15, -0.1) is 0 Å². The third kappa shape index (κ3) is 9.90. The fourth-order valence-corrected chi connectivity index (χ4v) is 7.27. The molecule has 3 unspecified atom stereocenters. The Labute approximate surface area is 281 Å². The molecule has 17 heteroatoms. The van der Waals surface area contributed by atoms with E-state index in [0.717, 1.165) is 17.7 Å². The molecule has 0 radical (unpaired) electrons. The molecule has 1 aliphatic heterocycles. The van der Waals surface area contributed by atoms with Gasteiger partial charge in [-0.3, -0.25) is 9.59 Å². The first kappa shape index (κ1) is 37.1. The van der Waals surface area contributed by atoms with Crippen molar-refractivity contribution in [2.45, 2.75) is 56.5 Å². The number of rotatable bonds is 13. The number of para-hydroxylation sites is 1. The van der Waals surface area contributed by atoms with E-state index in [1.807, 2.05) is 0 Å². The van der Waals surface area contributed by atoms with Crippen LogP contribution >= 0.6 is 0 Å². The van der Waals surface area contributed by atoms with Crippen molar-refractivity contribution in [1.29, 1.82) is 0 Å². The predicted octanol–water partition coefficient (Wildman–Crippen LogP) is 3.68. The van der Waals surface area contributed by atoms with E-state index < -0.39 is 76.7 Å². The number of aromatic nitrogens is 1. The van der Waals surface area contributed by atoms with Crippen LogP contribution in [-0.2, 0) is 30.5 Å². The zero-order chi connectivity index (χ0) is 35.9. The van der Waals surface area contributed by atoms with Gasteiger partial charge in [0.15, 0.2) is 0 Å². The van der Waals surface area contributed by atoms with E-state index in [9.17, 15) is 41.1 Å². The predicted molar refractivity (Wildman–Crippen MR) is 173 cm³/mol. The topological polar surface area (TPSA) is 179 Å². The first-order valence-corrected chi connectivity index (χ1v) is 16.6. The molecule has 2 heterocycles. The van der Waals surface area contributed by atoms with E-state index in [4.69, 9.17) is 4.74 Å². The second kappa shape index (κ2) is 15.7. The van der Waals surface area contributed by atoms with Crippen molar-refractivity contribution in [3.05, 3.63) is 83.0 Å². The Hall–Kier alpha value is -4.74. The van der Waals surface area contributed by atoms with Crippen molar-refractivity contribution in [1.82, 2.24) is 19.9 Å². The van der Waals surface area contributed by atoms with E-state index >= 15 is 0 Å². The summed E-state index contributed by atoms with van der Waals surface area (Å²) < 4.78 is 74.7. The normalized spacial score (nSPS) is 17.0. The van der Waals surface area contributed by atoms with Crippen molar-refractivity contribution < 1.29 is 45.8 Å². The third-order valence-electron chi connectivity index (χ3n) is 7.72. The Kier molecular flexibility index (Phi) is 11.8. The van der Waals surface area contributed by atoms with Crippen LogP contribution < -0.4 is 20.7 Å². The molecular formula is C32H37F3N6O7S. The highest BCUT2D eigenvalue weighted by molar-refractivity contribution is 7.89. The number of anilines is 2. The number of likely N-dealkylation sites (tertiary alicyclic amines) is 1. The molecule has 2 aromatic carbocycles. The number of hydrogen-bond acceptors (Lipinski definition) is 8. The Morgan fingerprint density at radius 1 is 1.06 bits per heavy atom. The molecule has 1 aliphatic rings. The molecule has 3 atom stereocenters. The largest absolute Gasteiger partial charge is 0.480 e. The monoisotopic (exact) mass is 706 g/mol. The Balaban J connectivity index is 1.38. The van der Waals surface area contributed by atoms with Crippen LogP contribution in [0.25, 0.3) is 0 Å². The summed E-state index contributed by atoms with van der Waals surface area (Å²) in [5.41, 5.74) is 0.273. The summed E-state index contributed by atoms with van der Waals surface area (Å²) in [7, 11) is -4.27. The number of alkyl halides is 3. The number of amides is 3. The number of pyridine rings is 1. The lowest BCUT2D eigenvalue weighted by Crippen LogP contribution is -2.49. The highest BCUT2D eigenvalue weighted by Crippen LogP contribution is 2.35. The van der Waals surface area contributed by atoms with Crippen LogP contribution in [-0.4, -0.2) is 85.7 Å². The summed E-state index contributed by atoms with van der Waals surface area (Å²) in [6.07, 6.45) is -3.66. The molecule has 4 rings (SSSR count). The Morgan fingerprint density at radius 3 is 2.37 bits per heavy atom. The van der Waals surface area contributed by atoms with E-state index in [1.54, 1.807) is 57.3 Å². The van der Waals surface area contributed by atoms with Crippen molar-refractivity contribution in [2.24, 2.45) is 0 Å². The number of nitrogens with zero attached hydrogens (tertiary/aromatic N) is 2. The Bertz CT molecular complexity index is 1750. The van der Waals surface area contributed by atoms with Gasteiger partial charge in [-0.1, -0.05) is 35.9 Å². The number of sulfonamides is 1. The molecule has 1 fully saturated rings. The molecular weight excluding hydrogens is 669 g/mol. The number of ether oxygens (including phenoxy) is 1. The standard InChI is InChI=1S/C32H37F3N6O7S/c1-19-12-20(2)29(21(3)13-19)49(46,47)40-26(30(43)44)16-38-28(42)18-48-23-14-22(15-37-27-10-6-7-11-36-27)41(17-23)31(45)39-25-9-5-4-8-24(25)32(33,34)35/h4-13,22-23,26,40H,14-18H2,1-3H3,(H,36,37)(H,38,42)(H,39,45)(H,43,44). The minimum Gasteiger partial charge on any atom is -0.480 e. The van der Waals surface area contributed by atoms with E-state index in [1.165, 1.54) is 17.0 Å². The molecule has 0 bridgehead atoms. The van der Waals surface area contributed by atoms with Crippen molar-refractivity contribution in [3.63, 3.8) is 0 Å². The summed E-state index contributed by atoms with van der Waals surface area (Å²) in [4.78, 5) is 43.2. The SMILES string of the molecule is Cc1cc(C)c(S(=O)(=O)NC(CNC(=O)COC2CC(CNc3ccccn3)N(C(=O)Nc3ccccc3C(F)(F)F)C2)C(=O)O)c(C)c1. The van der Waals surface area contributed by atoms with E-state index in [2.05, 4.69) is 25.7 Å². The number of carboxylic acids is 1. The molecule has 0 spiro atoms. The van der Waals surface area contributed by atoms with Gasteiger partial charge < -0.3 is 30.7 Å². The highest BCUT2D eigenvalue weighted by atomic mass is 32.2. The van der Waals surface area contributed by atoms with Crippen molar-refractivity contribution in [2.75, 3.05) is 36.9 Å². The number of nitrogens with one attached hydrogen (secondary N) is 4. The highest BCUT2D eigenvalue weighted by Gasteiger charge is 2.38. The molecule has 49 heavy (non-hydrogen) atoms. The molecule has 5 N–H and O–H groups in total. The minimum atomic E-state index is -4.70. The molecule has 3 aromatic rings. The zero-order valence-electron chi connectivity index (χ0n) is 26.9. The molecule has 13 nitrogen and oxygen atoms in total. The first-order valence-electron chi connectivity index (χ1n) is 15.1. The second-order valence-corrected chi connectivity index (χ2v) is 13.2. The lowest BCUT2D eigenvalue weighted by Gasteiger charge is -2.26. The smallest absolute Gasteiger partial charge is 0.418 e. The van der Waals surface area contributed by atoms with Gasteiger partial charge in [-0.05, 0) is 62.6 Å². The van der Waals surface area contributed by atoms with Gasteiger partial charge in [0.1, 0.15) is 18.5 Å². The first-order chi connectivity index (χ1) is 23.0. The van der Waals surface area contributed by atoms with Gasteiger partial charge in [0.25, 0.3) is 0 Å². The molecule has 264 valence electrons. The summed E-state index contributed by atoms with van der Waals surface area (Å²) in [5.74, 6) is -1.76. The number of urea groups is 1. The number of benzene rings is 2. The summed E-state index contributed by atoms with van der Waals surface area (Å²) in [6, 6.07) is 9.97. The van der Waals surface area contributed by atoms with E-state index in [-0.39, 0.29) is 24.4 Å². The molecule has 3 amide bonds. The van der Waals surface area contributed by atoms with Gasteiger partial charge in [-0.2, -0.15) is 17.9 Å². The lowest BCUT2D eigenvalue weighted by molar-refractivity contribution is -0.139. The molecule has 0 saturated carbocycles. The van der Waals surface area contributed by atoms with Crippen LogP contribution in [0.4, 0.5) is 29.5 Å². The zero-order valence-corrected chi connectivity index (χ0v) is 27.7. The van der Waals surface area contributed by atoms with Gasteiger partial charge >= 0.3 is 18.2 Å².